The van der Waals surface area contributed by atoms with Crippen LogP contribution in [0.2, 0.25) is 0 Å². The second-order valence-electron chi connectivity index (χ2n) is 7.10. The van der Waals surface area contributed by atoms with E-state index in [0.717, 1.165) is 51.7 Å². The predicted molar refractivity (Wildman–Crippen MR) is 78.2 cm³/mol. The highest BCUT2D eigenvalue weighted by atomic mass is 16.3. The topological polar surface area (TPSA) is 61.4 Å². The van der Waals surface area contributed by atoms with Gasteiger partial charge in [-0.15, -0.1) is 0 Å². The van der Waals surface area contributed by atoms with Crippen molar-refractivity contribution in [3.8, 4) is 0 Å². The molecule has 3 atom stereocenters. The number of amides is 1. The summed E-state index contributed by atoms with van der Waals surface area (Å²) in [5.41, 5.74) is 0.332. The Morgan fingerprint density at radius 2 is 1.90 bits per heavy atom. The molecule has 20 heavy (non-hydrogen) atoms. The minimum absolute atomic E-state index is 0.265. The second-order valence-corrected chi connectivity index (χ2v) is 7.10. The zero-order chi connectivity index (χ0) is 14.0. The number of aliphatic hydroxyl groups is 1. The molecule has 114 valence electrons. The van der Waals surface area contributed by atoms with E-state index in [9.17, 15) is 9.90 Å². The molecule has 3 unspecified atom stereocenters. The van der Waals surface area contributed by atoms with Crippen molar-refractivity contribution in [2.24, 2.45) is 23.2 Å². The van der Waals surface area contributed by atoms with Crippen LogP contribution in [0.25, 0.3) is 0 Å². The number of piperidine rings is 1. The van der Waals surface area contributed by atoms with Gasteiger partial charge in [0.05, 0.1) is 0 Å². The summed E-state index contributed by atoms with van der Waals surface area (Å²) in [5, 5.41) is 16.0. The van der Waals surface area contributed by atoms with E-state index >= 15 is 0 Å². The van der Waals surface area contributed by atoms with Gasteiger partial charge in [-0.25, -0.2) is 0 Å². The van der Waals surface area contributed by atoms with Gasteiger partial charge in [0, 0.05) is 19.1 Å². The van der Waals surface area contributed by atoms with E-state index in [1.807, 2.05) is 0 Å². The molecule has 4 nitrogen and oxygen atoms in total. The fourth-order valence-corrected chi connectivity index (χ4v) is 4.34. The van der Waals surface area contributed by atoms with E-state index in [0.29, 0.717) is 17.3 Å². The maximum absolute atomic E-state index is 12.3. The van der Waals surface area contributed by atoms with Gasteiger partial charge in [-0.1, -0.05) is 12.8 Å². The number of nitrogens with one attached hydrogen (secondary N) is 2. The number of hydrogen-bond donors (Lipinski definition) is 3. The Morgan fingerprint density at radius 3 is 2.60 bits per heavy atom. The smallest absolute Gasteiger partial charge is 0.223 e. The molecule has 0 radical (unpaired) electrons. The molecule has 0 bridgehead atoms. The van der Waals surface area contributed by atoms with Gasteiger partial charge in [0.2, 0.25) is 5.91 Å². The van der Waals surface area contributed by atoms with Gasteiger partial charge in [-0.05, 0) is 62.4 Å². The van der Waals surface area contributed by atoms with Gasteiger partial charge in [0.15, 0.2) is 0 Å². The SMILES string of the molecule is O=C(NCC1CCCCC1CO)C1CC12CCNCC2. The van der Waals surface area contributed by atoms with Crippen molar-refractivity contribution in [2.75, 3.05) is 26.2 Å². The molecule has 1 heterocycles. The predicted octanol–water partition coefficient (Wildman–Crippen LogP) is 1.29. The minimum atomic E-state index is 0.265. The van der Waals surface area contributed by atoms with Crippen molar-refractivity contribution >= 4 is 5.91 Å². The Morgan fingerprint density at radius 1 is 1.20 bits per heavy atom. The van der Waals surface area contributed by atoms with Crippen molar-refractivity contribution < 1.29 is 9.90 Å². The van der Waals surface area contributed by atoms with E-state index in [1.54, 1.807) is 0 Å². The fourth-order valence-electron chi connectivity index (χ4n) is 4.34. The Hall–Kier alpha value is -0.610. The molecular weight excluding hydrogens is 252 g/mol. The number of hydrogen-bond acceptors (Lipinski definition) is 3. The maximum Gasteiger partial charge on any atom is 0.223 e. The lowest BCUT2D eigenvalue weighted by atomic mass is 9.79. The summed E-state index contributed by atoms with van der Waals surface area (Å²) in [6, 6.07) is 0. The Bertz CT molecular complexity index is 352. The molecule has 4 heteroatoms. The first-order valence-corrected chi connectivity index (χ1v) is 8.34. The van der Waals surface area contributed by atoms with Gasteiger partial charge < -0.3 is 15.7 Å². The summed E-state index contributed by atoms with van der Waals surface area (Å²) in [6.07, 6.45) is 8.17. The molecule has 1 spiro atoms. The average Bonchev–Trinajstić information content (AvgIpc) is 3.19. The van der Waals surface area contributed by atoms with Crippen LogP contribution in [0.4, 0.5) is 0 Å². The molecule has 1 aliphatic heterocycles. The van der Waals surface area contributed by atoms with Gasteiger partial charge >= 0.3 is 0 Å². The zero-order valence-corrected chi connectivity index (χ0v) is 12.4. The third-order valence-electron chi connectivity index (χ3n) is 5.95. The molecule has 3 rings (SSSR count). The average molecular weight is 280 g/mol. The second kappa shape index (κ2) is 6.02. The van der Waals surface area contributed by atoms with Crippen LogP contribution >= 0.6 is 0 Å². The molecule has 3 fully saturated rings. The summed E-state index contributed by atoms with van der Waals surface area (Å²) < 4.78 is 0. The molecule has 3 aliphatic rings. The van der Waals surface area contributed by atoms with Crippen LogP contribution in [-0.4, -0.2) is 37.3 Å². The number of rotatable bonds is 4. The van der Waals surface area contributed by atoms with Crippen LogP contribution in [0.3, 0.4) is 0 Å². The van der Waals surface area contributed by atoms with Crippen molar-refractivity contribution in [3.05, 3.63) is 0 Å². The molecule has 0 aromatic rings. The first-order chi connectivity index (χ1) is 9.75. The van der Waals surface area contributed by atoms with Crippen molar-refractivity contribution in [1.82, 2.24) is 10.6 Å². The molecule has 0 aromatic heterocycles. The highest BCUT2D eigenvalue weighted by Gasteiger charge is 2.57. The van der Waals surface area contributed by atoms with Crippen molar-refractivity contribution in [2.45, 2.75) is 44.9 Å². The van der Waals surface area contributed by atoms with Gasteiger partial charge in [0.25, 0.3) is 0 Å². The highest BCUT2D eigenvalue weighted by molar-refractivity contribution is 5.82. The summed E-state index contributed by atoms with van der Waals surface area (Å²) in [7, 11) is 0. The molecular formula is C16H28N2O2. The number of carbonyl (C=O) groups is 1. The third-order valence-corrected chi connectivity index (χ3v) is 5.95. The zero-order valence-electron chi connectivity index (χ0n) is 12.4. The van der Waals surface area contributed by atoms with Crippen LogP contribution in [0, 0.1) is 23.2 Å². The monoisotopic (exact) mass is 280 g/mol. The van der Waals surface area contributed by atoms with E-state index in [4.69, 9.17) is 0 Å². The standard InChI is InChI=1S/C16H28N2O2/c19-11-13-4-2-1-3-12(13)10-18-15(20)14-9-16(14)5-7-17-8-6-16/h12-14,17,19H,1-11H2,(H,18,20). The van der Waals surface area contributed by atoms with E-state index in [2.05, 4.69) is 10.6 Å². The molecule has 3 N–H and O–H groups in total. The summed E-state index contributed by atoms with van der Waals surface area (Å²) in [6.45, 7) is 3.19. The van der Waals surface area contributed by atoms with Crippen LogP contribution in [0.1, 0.15) is 44.9 Å². The van der Waals surface area contributed by atoms with E-state index in [-0.39, 0.29) is 18.4 Å². The Balaban J connectivity index is 1.45. The molecule has 2 saturated carbocycles. The van der Waals surface area contributed by atoms with E-state index in [1.165, 1.54) is 12.8 Å². The molecule has 0 aromatic carbocycles. The molecule has 2 aliphatic carbocycles. The molecule has 1 saturated heterocycles. The normalized spacial score (nSPS) is 35.8. The quantitative estimate of drug-likeness (QED) is 0.727. The lowest BCUT2D eigenvalue weighted by Gasteiger charge is -2.30. The first-order valence-electron chi connectivity index (χ1n) is 8.34. The number of carbonyl (C=O) groups excluding carboxylic acids is 1. The van der Waals surface area contributed by atoms with Crippen LogP contribution < -0.4 is 10.6 Å². The summed E-state index contributed by atoms with van der Waals surface area (Å²) in [5.74, 6) is 1.42. The lowest BCUT2D eigenvalue weighted by molar-refractivity contribution is -0.123. The molecule has 1 amide bonds. The van der Waals surface area contributed by atoms with Crippen molar-refractivity contribution in [1.29, 1.82) is 0 Å². The van der Waals surface area contributed by atoms with Gasteiger partial charge in [0.1, 0.15) is 0 Å². The Kier molecular flexibility index (Phi) is 4.32. The summed E-state index contributed by atoms with van der Waals surface area (Å²) in [4.78, 5) is 12.3. The van der Waals surface area contributed by atoms with Crippen molar-refractivity contribution in [3.63, 3.8) is 0 Å². The van der Waals surface area contributed by atoms with Crippen LogP contribution in [0.5, 0.6) is 0 Å². The fraction of sp³-hybridized carbons (Fsp3) is 0.938. The largest absolute Gasteiger partial charge is 0.396 e. The van der Waals surface area contributed by atoms with Crippen LogP contribution in [0.15, 0.2) is 0 Å². The van der Waals surface area contributed by atoms with E-state index < -0.39 is 0 Å². The highest BCUT2D eigenvalue weighted by Crippen LogP contribution is 2.58. The maximum atomic E-state index is 12.3. The van der Waals surface area contributed by atoms with Crippen LogP contribution in [-0.2, 0) is 4.79 Å². The first kappa shape index (κ1) is 14.3. The minimum Gasteiger partial charge on any atom is -0.396 e. The lowest BCUT2D eigenvalue weighted by Crippen LogP contribution is -2.38. The number of aliphatic hydroxyl groups excluding tert-OH is 1. The van der Waals surface area contributed by atoms with Gasteiger partial charge in [-0.2, -0.15) is 0 Å². The van der Waals surface area contributed by atoms with Gasteiger partial charge in [-0.3, -0.25) is 4.79 Å². The third kappa shape index (κ3) is 2.86. The summed E-state index contributed by atoms with van der Waals surface area (Å²) >= 11 is 0. The Labute approximate surface area is 121 Å².